The van der Waals surface area contributed by atoms with Gasteiger partial charge >= 0.3 is 5.97 Å². The predicted octanol–water partition coefficient (Wildman–Crippen LogP) is 1.19. The molecule has 1 aromatic heterocycles. The van der Waals surface area contributed by atoms with Crippen LogP contribution >= 0.6 is 0 Å². The van der Waals surface area contributed by atoms with Gasteiger partial charge in [0.2, 0.25) is 5.91 Å². The molecule has 7 heteroatoms. The summed E-state index contributed by atoms with van der Waals surface area (Å²) in [6, 6.07) is 0. The Balaban J connectivity index is 3.08. The number of carbonyl (C=O) groups is 2. The minimum atomic E-state index is -1.14. The number of hydrogen-bond donors (Lipinski definition) is 2. The van der Waals surface area contributed by atoms with Crippen LogP contribution in [0.2, 0.25) is 0 Å². The van der Waals surface area contributed by atoms with E-state index < -0.39 is 11.4 Å². The molecule has 0 aliphatic rings. The lowest BCUT2D eigenvalue weighted by atomic mass is 9.90. The van der Waals surface area contributed by atoms with E-state index in [1.165, 1.54) is 4.68 Å². The first-order valence-electron chi connectivity index (χ1n) is 6.40. The van der Waals surface area contributed by atoms with E-state index in [-0.39, 0.29) is 23.7 Å². The van der Waals surface area contributed by atoms with Gasteiger partial charge in [0.25, 0.3) is 0 Å². The van der Waals surface area contributed by atoms with Gasteiger partial charge in [0, 0.05) is 11.0 Å². The second-order valence-corrected chi connectivity index (χ2v) is 6.80. The number of rotatable bonds is 3. The second-order valence-electron chi connectivity index (χ2n) is 6.80. The van der Waals surface area contributed by atoms with Gasteiger partial charge in [-0.15, -0.1) is 5.10 Å². The van der Waals surface area contributed by atoms with Gasteiger partial charge < -0.3 is 10.4 Å². The van der Waals surface area contributed by atoms with E-state index in [4.69, 9.17) is 5.11 Å². The summed E-state index contributed by atoms with van der Waals surface area (Å²) >= 11 is 0. The first-order valence-corrected chi connectivity index (χ1v) is 6.40. The fourth-order valence-electron chi connectivity index (χ4n) is 1.90. The number of aromatic nitrogens is 3. The Morgan fingerprint density at radius 2 is 1.75 bits per heavy atom. The van der Waals surface area contributed by atoms with Crippen molar-refractivity contribution in [3.63, 3.8) is 0 Å². The van der Waals surface area contributed by atoms with Crippen LogP contribution in [0.15, 0.2) is 0 Å². The smallest absolute Gasteiger partial charge is 0.358 e. The summed E-state index contributed by atoms with van der Waals surface area (Å²) in [5, 5.41) is 19.4. The van der Waals surface area contributed by atoms with E-state index in [0.717, 1.165) is 0 Å². The number of aromatic carboxylic acids is 1. The summed E-state index contributed by atoms with van der Waals surface area (Å²) in [5.41, 5.74) is -0.496. The van der Waals surface area contributed by atoms with Crippen LogP contribution in [0.25, 0.3) is 0 Å². The lowest BCUT2D eigenvalue weighted by Gasteiger charge is -2.23. The highest BCUT2D eigenvalue weighted by Gasteiger charge is 2.30. The molecule has 1 rings (SSSR count). The molecule has 20 heavy (non-hydrogen) atoms. The summed E-state index contributed by atoms with van der Waals surface area (Å²) in [7, 11) is 0. The molecule has 7 nitrogen and oxygen atoms in total. The Kier molecular flexibility index (Phi) is 4.21. The highest BCUT2D eigenvalue weighted by Crippen LogP contribution is 2.24. The molecule has 0 radical (unpaired) electrons. The minimum absolute atomic E-state index is 0.0514. The molecule has 0 aromatic carbocycles. The van der Waals surface area contributed by atoms with E-state index in [1.54, 1.807) is 0 Å². The van der Waals surface area contributed by atoms with Crippen LogP contribution in [-0.4, -0.2) is 37.5 Å². The molecule has 0 aliphatic carbocycles. The zero-order valence-electron chi connectivity index (χ0n) is 12.8. The molecule has 0 atom stereocenters. The Morgan fingerprint density at radius 3 is 2.15 bits per heavy atom. The Bertz CT molecular complexity index is 521. The van der Waals surface area contributed by atoms with Crippen molar-refractivity contribution in [1.82, 2.24) is 20.3 Å². The molecular weight excluding hydrogens is 260 g/mol. The van der Waals surface area contributed by atoms with Crippen LogP contribution in [0.3, 0.4) is 0 Å². The van der Waals surface area contributed by atoms with Crippen LogP contribution in [-0.2, 0) is 16.8 Å². The van der Waals surface area contributed by atoms with E-state index in [0.29, 0.717) is 5.69 Å². The summed E-state index contributed by atoms with van der Waals surface area (Å²) in [6.45, 7) is 11.1. The maximum atomic E-state index is 11.9. The molecule has 0 aliphatic heterocycles. The van der Waals surface area contributed by atoms with Crippen LogP contribution < -0.4 is 5.32 Å². The van der Waals surface area contributed by atoms with E-state index >= 15 is 0 Å². The zero-order chi connectivity index (χ0) is 15.7. The summed E-state index contributed by atoms with van der Waals surface area (Å²) in [6.07, 6.45) is 0. The summed E-state index contributed by atoms with van der Waals surface area (Å²) < 4.78 is 1.35. The van der Waals surface area contributed by atoms with E-state index in [9.17, 15) is 9.59 Å². The van der Waals surface area contributed by atoms with Gasteiger partial charge in [-0.25, -0.2) is 9.48 Å². The van der Waals surface area contributed by atoms with Gasteiger partial charge in [0.1, 0.15) is 6.54 Å². The van der Waals surface area contributed by atoms with E-state index in [1.807, 2.05) is 41.5 Å². The van der Waals surface area contributed by atoms with Gasteiger partial charge in [-0.2, -0.15) is 0 Å². The third-order valence-corrected chi connectivity index (χ3v) is 2.46. The number of carbonyl (C=O) groups excluding carboxylic acids is 1. The Labute approximate surface area is 118 Å². The summed E-state index contributed by atoms with van der Waals surface area (Å²) in [5.74, 6) is -1.37. The SMILES string of the molecule is CC(C)(C)NC(=O)Cn1nnc(C(=O)O)c1C(C)(C)C. The first kappa shape index (κ1) is 16.1. The number of amides is 1. The van der Waals surface area contributed by atoms with Crippen molar-refractivity contribution in [3.8, 4) is 0 Å². The van der Waals surface area contributed by atoms with Crippen LogP contribution in [0.5, 0.6) is 0 Å². The molecule has 1 aromatic rings. The number of carboxylic acid groups (broad SMARTS) is 1. The van der Waals surface area contributed by atoms with Gasteiger partial charge in [0.15, 0.2) is 5.69 Å². The zero-order valence-corrected chi connectivity index (χ0v) is 12.8. The van der Waals surface area contributed by atoms with Crippen molar-refractivity contribution in [1.29, 1.82) is 0 Å². The summed E-state index contributed by atoms with van der Waals surface area (Å²) in [4.78, 5) is 23.1. The quantitative estimate of drug-likeness (QED) is 0.868. The fraction of sp³-hybridized carbons (Fsp3) is 0.692. The number of nitrogens with one attached hydrogen (secondary N) is 1. The standard InChI is InChI=1S/C13H22N4O3/c1-12(2,3)10-9(11(19)20)15-16-17(10)7-8(18)14-13(4,5)6/h7H2,1-6H3,(H,14,18)(H,19,20). The minimum Gasteiger partial charge on any atom is -0.476 e. The largest absolute Gasteiger partial charge is 0.476 e. The normalized spacial score (nSPS) is 12.3. The van der Waals surface area contributed by atoms with Crippen molar-refractivity contribution in [2.45, 2.75) is 59.0 Å². The molecule has 0 unspecified atom stereocenters. The third-order valence-electron chi connectivity index (χ3n) is 2.46. The van der Waals surface area contributed by atoms with Crippen LogP contribution in [0.1, 0.15) is 57.7 Å². The number of carboxylic acids is 1. The lowest BCUT2D eigenvalue weighted by molar-refractivity contribution is -0.123. The van der Waals surface area contributed by atoms with Crippen LogP contribution in [0.4, 0.5) is 0 Å². The molecule has 0 saturated heterocycles. The highest BCUT2D eigenvalue weighted by atomic mass is 16.4. The molecular formula is C13H22N4O3. The number of hydrogen-bond acceptors (Lipinski definition) is 4. The molecule has 0 spiro atoms. The van der Waals surface area contributed by atoms with Crippen molar-refractivity contribution in [2.24, 2.45) is 0 Å². The topological polar surface area (TPSA) is 97.1 Å². The maximum Gasteiger partial charge on any atom is 0.358 e. The van der Waals surface area contributed by atoms with Gasteiger partial charge in [-0.3, -0.25) is 4.79 Å². The van der Waals surface area contributed by atoms with Crippen molar-refractivity contribution < 1.29 is 14.7 Å². The fourth-order valence-corrected chi connectivity index (χ4v) is 1.90. The molecule has 1 amide bonds. The monoisotopic (exact) mass is 282 g/mol. The van der Waals surface area contributed by atoms with Crippen molar-refractivity contribution >= 4 is 11.9 Å². The average molecular weight is 282 g/mol. The Hall–Kier alpha value is -1.92. The molecule has 0 bridgehead atoms. The van der Waals surface area contributed by atoms with Crippen molar-refractivity contribution in [2.75, 3.05) is 0 Å². The molecule has 112 valence electrons. The molecule has 0 saturated carbocycles. The highest BCUT2D eigenvalue weighted by molar-refractivity contribution is 5.87. The van der Waals surface area contributed by atoms with Crippen molar-refractivity contribution in [3.05, 3.63) is 11.4 Å². The molecule has 1 heterocycles. The average Bonchev–Trinajstić information content (AvgIpc) is 2.57. The first-order chi connectivity index (χ1) is 8.92. The second kappa shape index (κ2) is 5.22. The van der Waals surface area contributed by atoms with Gasteiger partial charge in [0.05, 0.1) is 5.69 Å². The van der Waals surface area contributed by atoms with E-state index in [2.05, 4.69) is 15.6 Å². The predicted molar refractivity (Wildman–Crippen MR) is 73.6 cm³/mol. The van der Waals surface area contributed by atoms with Gasteiger partial charge in [-0.1, -0.05) is 26.0 Å². The lowest BCUT2D eigenvalue weighted by Crippen LogP contribution is -2.42. The van der Waals surface area contributed by atoms with Gasteiger partial charge in [-0.05, 0) is 20.8 Å². The Morgan fingerprint density at radius 1 is 1.20 bits per heavy atom. The molecule has 0 fully saturated rings. The third kappa shape index (κ3) is 4.04. The van der Waals surface area contributed by atoms with Crippen LogP contribution in [0, 0.1) is 0 Å². The maximum absolute atomic E-state index is 11.9. The number of nitrogens with zero attached hydrogens (tertiary/aromatic N) is 3. The molecule has 2 N–H and O–H groups in total.